The molecular formula is C14H30IN3O3. The van der Waals surface area contributed by atoms with Gasteiger partial charge in [-0.3, -0.25) is 4.99 Å². The van der Waals surface area contributed by atoms with E-state index in [2.05, 4.69) is 22.5 Å². The van der Waals surface area contributed by atoms with Gasteiger partial charge in [-0.25, -0.2) is 0 Å². The summed E-state index contributed by atoms with van der Waals surface area (Å²) in [4.78, 5) is 4.47. The van der Waals surface area contributed by atoms with Crippen LogP contribution in [0, 0.1) is 0 Å². The zero-order valence-corrected chi connectivity index (χ0v) is 15.7. The Morgan fingerprint density at radius 3 is 2.90 bits per heavy atom. The van der Waals surface area contributed by atoms with Crippen molar-refractivity contribution < 1.29 is 14.2 Å². The van der Waals surface area contributed by atoms with Crippen LogP contribution in [-0.4, -0.2) is 64.7 Å². The number of guanidine groups is 1. The lowest BCUT2D eigenvalue weighted by molar-refractivity contribution is 0.0200. The highest BCUT2D eigenvalue weighted by Crippen LogP contribution is 2.11. The van der Waals surface area contributed by atoms with Crippen LogP contribution in [0.5, 0.6) is 0 Å². The second kappa shape index (κ2) is 13.5. The minimum atomic E-state index is 0. The largest absolute Gasteiger partial charge is 0.383 e. The average Bonchev–Trinajstić information content (AvgIpc) is 2.92. The van der Waals surface area contributed by atoms with E-state index in [-0.39, 0.29) is 36.1 Å². The summed E-state index contributed by atoms with van der Waals surface area (Å²) in [6.45, 7) is 8.41. The topological polar surface area (TPSA) is 64.1 Å². The van der Waals surface area contributed by atoms with Gasteiger partial charge in [0.2, 0.25) is 0 Å². The first-order valence-corrected chi connectivity index (χ1v) is 7.49. The van der Waals surface area contributed by atoms with E-state index in [1.54, 1.807) is 7.11 Å². The molecule has 2 atom stereocenters. The number of nitrogens with zero attached hydrogens (tertiary/aromatic N) is 1. The molecule has 2 unspecified atom stereocenters. The number of methoxy groups -OCH3 is 1. The number of hydrogen-bond donors (Lipinski definition) is 2. The second-order valence-corrected chi connectivity index (χ2v) is 4.97. The normalized spacial score (nSPS) is 20.0. The van der Waals surface area contributed by atoms with E-state index in [9.17, 15) is 0 Å². The molecule has 1 saturated heterocycles. The molecule has 1 fully saturated rings. The van der Waals surface area contributed by atoms with Gasteiger partial charge in [0.25, 0.3) is 0 Å². The molecule has 0 saturated carbocycles. The van der Waals surface area contributed by atoms with Gasteiger partial charge < -0.3 is 24.8 Å². The molecule has 21 heavy (non-hydrogen) atoms. The Morgan fingerprint density at radius 2 is 2.29 bits per heavy atom. The van der Waals surface area contributed by atoms with Gasteiger partial charge in [0, 0.05) is 26.3 Å². The Balaban J connectivity index is 0.00000400. The van der Waals surface area contributed by atoms with Crippen molar-refractivity contribution in [1.82, 2.24) is 10.6 Å². The quantitative estimate of drug-likeness (QED) is 0.258. The van der Waals surface area contributed by atoms with Crippen LogP contribution < -0.4 is 10.6 Å². The highest BCUT2D eigenvalue weighted by atomic mass is 127. The van der Waals surface area contributed by atoms with Gasteiger partial charge in [0.15, 0.2) is 5.96 Å². The summed E-state index contributed by atoms with van der Waals surface area (Å²) in [5, 5.41) is 6.49. The summed E-state index contributed by atoms with van der Waals surface area (Å²) in [6.07, 6.45) is 2.55. The van der Waals surface area contributed by atoms with Crippen LogP contribution >= 0.6 is 24.0 Å². The number of hydrogen-bond acceptors (Lipinski definition) is 4. The fourth-order valence-electron chi connectivity index (χ4n) is 2.06. The SMILES string of the molecule is CCNC(=NCCOCC1CCCO1)NC(C)COC.I. The van der Waals surface area contributed by atoms with Crippen LogP contribution in [0.3, 0.4) is 0 Å². The molecule has 6 nitrogen and oxygen atoms in total. The fourth-order valence-corrected chi connectivity index (χ4v) is 2.06. The van der Waals surface area contributed by atoms with Crippen LogP contribution in [0.4, 0.5) is 0 Å². The standard InChI is InChI=1S/C14H29N3O3.HI/c1-4-15-14(17-12(2)10-18-3)16-7-9-19-11-13-6-5-8-20-13;/h12-13H,4-11H2,1-3H3,(H2,15,16,17);1H. The van der Waals surface area contributed by atoms with Gasteiger partial charge in [-0.1, -0.05) is 0 Å². The van der Waals surface area contributed by atoms with Crippen LogP contribution in [0.2, 0.25) is 0 Å². The van der Waals surface area contributed by atoms with Gasteiger partial charge in [0.05, 0.1) is 32.5 Å². The predicted octanol–water partition coefficient (Wildman–Crippen LogP) is 1.39. The Bertz CT molecular complexity index is 274. The lowest BCUT2D eigenvalue weighted by Crippen LogP contribution is -2.44. The summed E-state index contributed by atoms with van der Waals surface area (Å²) >= 11 is 0. The molecule has 2 N–H and O–H groups in total. The maximum Gasteiger partial charge on any atom is 0.191 e. The first-order chi connectivity index (χ1) is 9.76. The van der Waals surface area contributed by atoms with Gasteiger partial charge >= 0.3 is 0 Å². The van der Waals surface area contributed by atoms with Crippen LogP contribution in [0.25, 0.3) is 0 Å². The maximum absolute atomic E-state index is 5.59. The number of halogens is 1. The van der Waals surface area contributed by atoms with Crippen molar-refractivity contribution in [3.8, 4) is 0 Å². The third-order valence-electron chi connectivity index (χ3n) is 2.98. The first kappa shape index (κ1) is 20.9. The smallest absolute Gasteiger partial charge is 0.191 e. The average molecular weight is 415 g/mol. The number of aliphatic imine (C=N–C) groups is 1. The van der Waals surface area contributed by atoms with Crippen molar-refractivity contribution in [1.29, 1.82) is 0 Å². The molecular weight excluding hydrogens is 385 g/mol. The highest BCUT2D eigenvalue weighted by Gasteiger charge is 2.14. The van der Waals surface area contributed by atoms with E-state index in [1.807, 2.05) is 6.92 Å². The van der Waals surface area contributed by atoms with Crippen molar-refractivity contribution in [3.63, 3.8) is 0 Å². The van der Waals surface area contributed by atoms with E-state index >= 15 is 0 Å². The Morgan fingerprint density at radius 1 is 1.48 bits per heavy atom. The second-order valence-electron chi connectivity index (χ2n) is 4.97. The third-order valence-corrected chi connectivity index (χ3v) is 2.98. The predicted molar refractivity (Wildman–Crippen MR) is 95.7 cm³/mol. The molecule has 1 aliphatic heterocycles. The molecule has 0 aromatic heterocycles. The van der Waals surface area contributed by atoms with Gasteiger partial charge in [-0.05, 0) is 26.7 Å². The Hall–Kier alpha value is -0.120. The van der Waals surface area contributed by atoms with E-state index in [4.69, 9.17) is 14.2 Å². The summed E-state index contributed by atoms with van der Waals surface area (Å²) < 4.78 is 16.2. The van der Waals surface area contributed by atoms with Crippen molar-refractivity contribution in [3.05, 3.63) is 0 Å². The molecule has 1 rings (SSSR count). The third kappa shape index (κ3) is 10.3. The fraction of sp³-hybridized carbons (Fsp3) is 0.929. The molecule has 0 aliphatic carbocycles. The molecule has 126 valence electrons. The lowest BCUT2D eigenvalue weighted by atomic mass is 10.2. The van der Waals surface area contributed by atoms with Gasteiger partial charge in [-0.2, -0.15) is 0 Å². The van der Waals surface area contributed by atoms with E-state index in [0.717, 1.165) is 32.0 Å². The zero-order valence-electron chi connectivity index (χ0n) is 13.4. The van der Waals surface area contributed by atoms with Crippen molar-refractivity contribution in [2.24, 2.45) is 4.99 Å². The minimum absolute atomic E-state index is 0. The first-order valence-electron chi connectivity index (χ1n) is 7.49. The van der Waals surface area contributed by atoms with Crippen LogP contribution in [-0.2, 0) is 14.2 Å². The van der Waals surface area contributed by atoms with Crippen LogP contribution in [0.15, 0.2) is 4.99 Å². The summed E-state index contributed by atoms with van der Waals surface area (Å²) in [5.41, 5.74) is 0. The van der Waals surface area contributed by atoms with Crippen molar-refractivity contribution >= 4 is 29.9 Å². The van der Waals surface area contributed by atoms with E-state index in [1.165, 1.54) is 0 Å². The van der Waals surface area contributed by atoms with Crippen molar-refractivity contribution in [2.45, 2.75) is 38.8 Å². The minimum Gasteiger partial charge on any atom is -0.383 e. The summed E-state index contributed by atoms with van der Waals surface area (Å²) in [5.74, 6) is 0.803. The molecule has 1 heterocycles. The van der Waals surface area contributed by atoms with Gasteiger partial charge in [0.1, 0.15) is 0 Å². The molecule has 7 heteroatoms. The molecule has 0 bridgehead atoms. The lowest BCUT2D eigenvalue weighted by Gasteiger charge is -2.17. The number of nitrogens with one attached hydrogen (secondary N) is 2. The Labute approximate surface area is 145 Å². The molecule has 0 radical (unpaired) electrons. The maximum atomic E-state index is 5.59. The van der Waals surface area contributed by atoms with Crippen LogP contribution in [0.1, 0.15) is 26.7 Å². The Kier molecular flexibility index (Phi) is 13.5. The molecule has 0 spiro atoms. The molecule has 0 aromatic rings. The molecule has 0 aromatic carbocycles. The van der Waals surface area contributed by atoms with E-state index in [0.29, 0.717) is 26.4 Å². The van der Waals surface area contributed by atoms with Crippen molar-refractivity contribution in [2.75, 3.05) is 46.6 Å². The van der Waals surface area contributed by atoms with E-state index < -0.39 is 0 Å². The monoisotopic (exact) mass is 415 g/mol. The molecule has 1 aliphatic rings. The molecule has 0 amide bonds. The zero-order chi connectivity index (χ0) is 14.6. The number of ether oxygens (including phenoxy) is 3. The number of rotatable bonds is 9. The summed E-state index contributed by atoms with van der Waals surface area (Å²) in [6, 6.07) is 0.227. The highest BCUT2D eigenvalue weighted by molar-refractivity contribution is 14.0. The summed E-state index contributed by atoms with van der Waals surface area (Å²) in [7, 11) is 1.70. The van der Waals surface area contributed by atoms with Gasteiger partial charge in [-0.15, -0.1) is 24.0 Å².